The minimum atomic E-state index is -4.70. The highest BCUT2D eigenvalue weighted by Gasteiger charge is 2.48. The Hall–Kier alpha value is -1.50. The standard InChI is InChI=1S/C13H10BrF3O3/c1-6-3-8(14)4-7-5-9(12(18)19-2)11(13(15,16)17)20-10(6)7/h3-5,11H,1-2H3. The summed E-state index contributed by atoms with van der Waals surface area (Å²) in [7, 11) is 1.03. The normalized spacial score (nSPS) is 17.9. The quantitative estimate of drug-likeness (QED) is 0.725. The first-order chi connectivity index (χ1) is 9.24. The number of methoxy groups -OCH3 is 1. The van der Waals surface area contributed by atoms with Gasteiger partial charge in [0.05, 0.1) is 12.7 Å². The van der Waals surface area contributed by atoms with Crippen LogP contribution in [0, 0.1) is 6.92 Å². The van der Waals surface area contributed by atoms with E-state index in [9.17, 15) is 18.0 Å². The maximum atomic E-state index is 13.0. The van der Waals surface area contributed by atoms with Crippen LogP contribution in [-0.2, 0) is 9.53 Å². The molecule has 0 aliphatic carbocycles. The Balaban J connectivity index is 2.60. The van der Waals surface area contributed by atoms with Crippen LogP contribution in [0.5, 0.6) is 5.75 Å². The molecule has 0 saturated carbocycles. The highest BCUT2D eigenvalue weighted by atomic mass is 79.9. The van der Waals surface area contributed by atoms with Crippen molar-refractivity contribution in [1.82, 2.24) is 0 Å². The Morgan fingerprint density at radius 1 is 1.40 bits per heavy atom. The third-order valence-corrected chi connectivity index (χ3v) is 3.27. The lowest BCUT2D eigenvalue weighted by Gasteiger charge is -2.28. The van der Waals surface area contributed by atoms with E-state index >= 15 is 0 Å². The zero-order valence-electron chi connectivity index (χ0n) is 10.5. The molecule has 0 spiro atoms. The number of hydrogen-bond acceptors (Lipinski definition) is 3. The van der Waals surface area contributed by atoms with E-state index in [2.05, 4.69) is 20.7 Å². The fourth-order valence-corrected chi connectivity index (χ4v) is 2.57. The molecule has 0 fully saturated rings. The van der Waals surface area contributed by atoms with E-state index in [1.165, 1.54) is 0 Å². The van der Waals surface area contributed by atoms with Gasteiger partial charge in [-0.1, -0.05) is 15.9 Å². The van der Waals surface area contributed by atoms with E-state index in [1.54, 1.807) is 19.1 Å². The van der Waals surface area contributed by atoms with Crippen molar-refractivity contribution in [2.45, 2.75) is 19.2 Å². The third-order valence-electron chi connectivity index (χ3n) is 2.82. The van der Waals surface area contributed by atoms with E-state index in [-0.39, 0.29) is 5.75 Å². The Labute approximate surface area is 121 Å². The predicted molar refractivity (Wildman–Crippen MR) is 69.3 cm³/mol. The molecule has 1 aromatic carbocycles. The van der Waals surface area contributed by atoms with Crippen molar-refractivity contribution in [2.24, 2.45) is 0 Å². The van der Waals surface area contributed by atoms with Crippen molar-refractivity contribution >= 4 is 28.0 Å². The van der Waals surface area contributed by atoms with Gasteiger partial charge in [-0.2, -0.15) is 13.2 Å². The predicted octanol–water partition coefficient (Wildman–Crippen LogP) is 3.64. The molecule has 1 heterocycles. The van der Waals surface area contributed by atoms with Gasteiger partial charge < -0.3 is 9.47 Å². The maximum absolute atomic E-state index is 13.0. The number of esters is 1. The lowest BCUT2D eigenvalue weighted by molar-refractivity contribution is -0.187. The molecule has 108 valence electrons. The summed E-state index contributed by atoms with van der Waals surface area (Å²) in [4.78, 5) is 11.5. The zero-order valence-corrected chi connectivity index (χ0v) is 12.1. The summed E-state index contributed by atoms with van der Waals surface area (Å²) >= 11 is 3.25. The number of carbonyl (C=O) groups is 1. The molecular formula is C13H10BrF3O3. The molecule has 0 aromatic heterocycles. The minimum absolute atomic E-state index is 0.114. The van der Waals surface area contributed by atoms with Gasteiger partial charge >= 0.3 is 12.1 Å². The summed E-state index contributed by atoms with van der Waals surface area (Å²) in [6.07, 6.45) is -5.86. The van der Waals surface area contributed by atoms with Gasteiger partial charge in [0.2, 0.25) is 6.10 Å². The fourth-order valence-electron chi connectivity index (χ4n) is 1.98. The first-order valence-corrected chi connectivity index (χ1v) is 6.36. The van der Waals surface area contributed by atoms with Gasteiger partial charge in [0.25, 0.3) is 0 Å². The van der Waals surface area contributed by atoms with Crippen LogP contribution >= 0.6 is 15.9 Å². The van der Waals surface area contributed by atoms with Gasteiger partial charge in [-0.15, -0.1) is 0 Å². The maximum Gasteiger partial charge on any atom is 0.430 e. The average Bonchev–Trinajstić information content (AvgIpc) is 2.35. The van der Waals surface area contributed by atoms with Gasteiger partial charge in [0, 0.05) is 10.0 Å². The molecule has 1 aliphatic rings. The molecular weight excluding hydrogens is 341 g/mol. The van der Waals surface area contributed by atoms with E-state index in [0.717, 1.165) is 13.2 Å². The molecule has 1 unspecified atom stereocenters. The molecule has 1 aromatic rings. The summed E-state index contributed by atoms with van der Waals surface area (Å²) in [5.74, 6) is -0.946. The number of benzene rings is 1. The van der Waals surface area contributed by atoms with Crippen LogP contribution in [0.25, 0.3) is 6.08 Å². The van der Waals surface area contributed by atoms with Crippen LogP contribution in [-0.4, -0.2) is 25.4 Å². The Bertz CT molecular complexity index is 593. The monoisotopic (exact) mass is 350 g/mol. The summed E-state index contributed by atoms with van der Waals surface area (Å²) < 4.78 is 49.1. The van der Waals surface area contributed by atoms with E-state index in [0.29, 0.717) is 15.6 Å². The second-order valence-electron chi connectivity index (χ2n) is 4.27. The summed E-state index contributed by atoms with van der Waals surface area (Å²) in [6.45, 7) is 1.63. The smallest absolute Gasteiger partial charge is 0.430 e. The number of aryl methyl sites for hydroxylation is 1. The van der Waals surface area contributed by atoms with Crippen molar-refractivity contribution in [3.05, 3.63) is 33.3 Å². The van der Waals surface area contributed by atoms with E-state index in [1.807, 2.05) is 0 Å². The molecule has 0 amide bonds. The highest BCUT2D eigenvalue weighted by molar-refractivity contribution is 9.10. The second-order valence-corrected chi connectivity index (χ2v) is 5.19. The van der Waals surface area contributed by atoms with Crippen molar-refractivity contribution in [3.8, 4) is 5.75 Å². The molecule has 0 radical (unpaired) electrons. The SMILES string of the molecule is COC(=O)C1=Cc2cc(Br)cc(C)c2OC1C(F)(F)F. The summed E-state index contributed by atoms with van der Waals surface area (Å²) in [5, 5.41) is 0. The van der Waals surface area contributed by atoms with Gasteiger partial charge in [-0.3, -0.25) is 0 Å². The first-order valence-electron chi connectivity index (χ1n) is 5.57. The minimum Gasteiger partial charge on any atom is -0.475 e. The number of ether oxygens (including phenoxy) is 2. The van der Waals surface area contributed by atoms with Crippen LogP contribution in [0.1, 0.15) is 11.1 Å². The number of halogens is 4. The van der Waals surface area contributed by atoms with Crippen LogP contribution in [0.2, 0.25) is 0 Å². The summed E-state index contributed by atoms with van der Waals surface area (Å²) in [6, 6.07) is 3.22. The number of hydrogen-bond donors (Lipinski definition) is 0. The van der Waals surface area contributed by atoms with E-state index < -0.39 is 23.8 Å². The van der Waals surface area contributed by atoms with Gasteiger partial charge in [0.15, 0.2) is 0 Å². The van der Waals surface area contributed by atoms with Crippen LogP contribution < -0.4 is 4.74 Å². The Kier molecular flexibility index (Phi) is 3.82. The molecule has 1 aliphatic heterocycles. The molecule has 20 heavy (non-hydrogen) atoms. The number of alkyl halides is 3. The highest BCUT2D eigenvalue weighted by Crippen LogP contribution is 2.40. The van der Waals surface area contributed by atoms with E-state index in [4.69, 9.17) is 4.74 Å². The van der Waals surface area contributed by atoms with Crippen molar-refractivity contribution < 1.29 is 27.4 Å². The number of fused-ring (bicyclic) bond motifs is 1. The largest absolute Gasteiger partial charge is 0.475 e. The van der Waals surface area contributed by atoms with Crippen molar-refractivity contribution in [3.63, 3.8) is 0 Å². The fraction of sp³-hybridized carbons (Fsp3) is 0.308. The van der Waals surface area contributed by atoms with Gasteiger partial charge in [-0.25, -0.2) is 4.79 Å². The topological polar surface area (TPSA) is 35.5 Å². The average molecular weight is 351 g/mol. The second kappa shape index (κ2) is 5.12. The van der Waals surface area contributed by atoms with Crippen LogP contribution in [0.15, 0.2) is 22.2 Å². The molecule has 1 atom stereocenters. The number of rotatable bonds is 1. The Morgan fingerprint density at radius 2 is 2.05 bits per heavy atom. The first kappa shape index (κ1) is 14.9. The lowest BCUT2D eigenvalue weighted by atomic mass is 9.99. The van der Waals surface area contributed by atoms with Crippen LogP contribution in [0.4, 0.5) is 13.2 Å². The zero-order chi connectivity index (χ0) is 15.1. The molecule has 2 rings (SSSR count). The van der Waals surface area contributed by atoms with Gasteiger partial charge in [0.1, 0.15) is 5.75 Å². The number of carbonyl (C=O) groups excluding carboxylic acids is 1. The molecule has 0 saturated heterocycles. The van der Waals surface area contributed by atoms with Crippen molar-refractivity contribution in [2.75, 3.05) is 7.11 Å². The van der Waals surface area contributed by atoms with Gasteiger partial charge in [-0.05, 0) is 30.7 Å². The molecule has 7 heteroatoms. The third kappa shape index (κ3) is 2.67. The molecule has 3 nitrogen and oxygen atoms in total. The Morgan fingerprint density at radius 3 is 2.60 bits per heavy atom. The molecule has 0 bridgehead atoms. The lowest BCUT2D eigenvalue weighted by Crippen LogP contribution is -2.40. The summed E-state index contributed by atoms with van der Waals surface area (Å²) in [5.41, 5.74) is 0.381. The molecule has 0 N–H and O–H groups in total. The van der Waals surface area contributed by atoms with Crippen LogP contribution in [0.3, 0.4) is 0 Å². The van der Waals surface area contributed by atoms with Crippen molar-refractivity contribution in [1.29, 1.82) is 0 Å².